The Kier molecular flexibility index (Phi) is 5.37. The van der Waals surface area contributed by atoms with E-state index in [1.54, 1.807) is 0 Å². The number of aliphatic hydroxyl groups excluding tert-OH is 1. The highest BCUT2D eigenvalue weighted by atomic mass is 16.3. The van der Waals surface area contributed by atoms with Crippen molar-refractivity contribution in [2.75, 3.05) is 13.7 Å². The van der Waals surface area contributed by atoms with Crippen LogP contribution in [0.25, 0.3) is 0 Å². The molecule has 0 amide bonds. The molecule has 2 atom stereocenters. The van der Waals surface area contributed by atoms with Crippen LogP contribution < -0.4 is 5.32 Å². The van der Waals surface area contributed by atoms with Crippen molar-refractivity contribution < 1.29 is 5.11 Å². The second-order valence-electron chi connectivity index (χ2n) is 4.05. The molecule has 2 N–H and O–H groups in total. The number of rotatable bonds is 6. The molecular weight excluding hydrogens is 186 g/mol. The number of aliphatic hydroxyl groups is 1. The molecule has 0 bridgehead atoms. The zero-order valence-corrected chi connectivity index (χ0v) is 9.61. The maximum absolute atomic E-state index is 8.91. The lowest BCUT2D eigenvalue weighted by Crippen LogP contribution is -2.27. The van der Waals surface area contributed by atoms with Gasteiger partial charge in [0, 0.05) is 12.6 Å². The van der Waals surface area contributed by atoms with Crippen LogP contribution in [0.4, 0.5) is 0 Å². The van der Waals surface area contributed by atoms with Gasteiger partial charge in [0.1, 0.15) is 0 Å². The largest absolute Gasteiger partial charge is 0.396 e. The van der Waals surface area contributed by atoms with Crippen molar-refractivity contribution in [2.45, 2.75) is 31.7 Å². The maximum atomic E-state index is 8.91. The van der Waals surface area contributed by atoms with Crippen molar-refractivity contribution in [2.24, 2.45) is 0 Å². The summed E-state index contributed by atoms with van der Waals surface area (Å²) < 4.78 is 0. The molecule has 0 spiro atoms. The van der Waals surface area contributed by atoms with Gasteiger partial charge in [0.25, 0.3) is 0 Å². The fourth-order valence-electron chi connectivity index (χ4n) is 1.88. The molecule has 2 nitrogen and oxygen atoms in total. The summed E-state index contributed by atoms with van der Waals surface area (Å²) in [6.07, 6.45) is 1.90. The van der Waals surface area contributed by atoms with E-state index in [0.29, 0.717) is 12.0 Å². The SMILES string of the molecule is CNC(CCO)CC(C)c1ccccc1. The van der Waals surface area contributed by atoms with E-state index in [2.05, 4.69) is 36.5 Å². The summed E-state index contributed by atoms with van der Waals surface area (Å²) in [5.74, 6) is 0.537. The van der Waals surface area contributed by atoms with Crippen molar-refractivity contribution in [3.8, 4) is 0 Å². The molecule has 1 aromatic carbocycles. The van der Waals surface area contributed by atoms with E-state index in [0.717, 1.165) is 12.8 Å². The van der Waals surface area contributed by atoms with Gasteiger partial charge in [-0.2, -0.15) is 0 Å². The number of benzene rings is 1. The van der Waals surface area contributed by atoms with Gasteiger partial charge in [0.2, 0.25) is 0 Å². The van der Waals surface area contributed by atoms with Crippen LogP contribution in [-0.4, -0.2) is 24.8 Å². The molecule has 0 saturated heterocycles. The Balaban J connectivity index is 2.50. The average Bonchev–Trinajstić information content (AvgIpc) is 2.29. The van der Waals surface area contributed by atoms with E-state index < -0.39 is 0 Å². The lowest BCUT2D eigenvalue weighted by Gasteiger charge is -2.20. The van der Waals surface area contributed by atoms with Gasteiger partial charge in [-0.15, -0.1) is 0 Å². The molecule has 0 aromatic heterocycles. The third-order valence-electron chi connectivity index (χ3n) is 2.89. The van der Waals surface area contributed by atoms with E-state index in [-0.39, 0.29) is 6.61 Å². The molecule has 0 radical (unpaired) electrons. The van der Waals surface area contributed by atoms with Crippen molar-refractivity contribution in [1.82, 2.24) is 5.32 Å². The molecule has 2 heteroatoms. The van der Waals surface area contributed by atoms with Crippen LogP contribution in [0.15, 0.2) is 30.3 Å². The summed E-state index contributed by atoms with van der Waals surface area (Å²) in [6, 6.07) is 10.9. The molecular formula is C13H21NO. The fraction of sp³-hybridized carbons (Fsp3) is 0.538. The highest BCUT2D eigenvalue weighted by molar-refractivity contribution is 5.18. The third kappa shape index (κ3) is 4.02. The third-order valence-corrected chi connectivity index (χ3v) is 2.89. The molecule has 84 valence electrons. The Morgan fingerprint density at radius 2 is 1.93 bits per heavy atom. The van der Waals surface area contributed by atoms with Crippen molar-refractivity contribution in [3.05, 3.63) is 35.9 Å². The first-order valence-electron chi connectivity index (χ1n) is 5.61. The summed E-state index contributed by atoms with van der Waals surface area (Å²) >= 11 is 0. The minimum absolute atomic E-state index is 0.257. The summed E-state index contributed by atoms with van der Waals surface area (Å²) in [5, 5.41) is 12.2. The van der Waals surface area contributed by atoms with Crippen LogP contribution in [0.1, 0.15) is 31.2 Å². The molecule has 0 fully saturated rings. The van der Waals surface area contributed by atoms with Crippen LogP contribution in [0.5, 0.6) is 0 Å². The lowest BCUT2D eigenvalue weighted by atomic mass is 9.93. The molecule has 0 aliphatic heterocycles. The van der Waals surface area contributed by atoms with Crippen molar-refractivity contribution >= 4 is 0 Å². The highest BCUT2D eigenvalue weighted by Gasteiger charge is 2.12. The molecule has 1 rings (SSSR count). The zero-order chi connectivity index (χ0) is 11.1. The summed E-state index contributed by atoms with van der Waals surface area (Å²) in [5.41, 5.74) is 1.37. The van der Waals surface area contributed by atoms with Crippen LogP contribution in [-0.2, 0) is 0 Å². The summed E-state index contributed by atoms with van der Waals surface area (Å²) in [7, 11) is 1.96. The van der Waals surface area contributed by atoms with E-state index >= 15 is 0 Å². The van der Waals surface area contributed by atoms with Gasteiger partial charge in [-0.05, 0) is 31.4 Å². The van der Waals surface area contributed by atoms with Crippen LogP contribution in [0.2, 0.25) is 0 Å². The first-order valence-corrected chi connectivity index (χ1v) is 5.61. The van der Waals surface area contributed by atoms with Gasteiger partial charge in [-0.3, -0.25) is 0 Å². The Morgan fingerprint density at radius 3 is 2.47 bits per heavy atom. The zero-order valence-electron chi connectivity index (χ0n) is 9.61. The summed E-state index contributed by atoms with van der Waals surface area (Å²) in [4.78, 5) is 0. The van der Waals surface area contributed by atoms with Gasteiger partial charge in [-0.1, -0.05) is 37.3 Å². The minimum Gasteiger partial charge on any atom is -0.396 e. The molecule has 0 saturated carbocycles. The van der Waals surface area contributed by atoms with Crippen molar-refractivity contribution in [1.29, 1.82) is 0 Å². The molecule has 1 aromatic rings. The number of hydrogen-bond acceptors (Lipinski definition) is 2. The first-order chi connectivity index (χ1) is 7.27. The van der Waals surface area contributed by atoms with Gasteiger partial charge in [0.15, 0.2) is 0 Å². The van der Waals surface area contributed by atoms with Crippen LogP contribution in [0, 0.1) is 0 Å². The Hall–Kier alpha value is -0.860. The standard InChI is InChI=1S/C13H21NO/c1-11(10-13(14-2)8-9-15)12-6-4-3-5-7-12/h3-7,11,13-15H,8-10H2,1-2H3. The van der Waals surface area contributed by atoms with Crippen molar-refractivity contribution in [3.63, 3.8) is 0 Å². The quantitative estimate of drug-likeness (QED) is 0.749. The topological polar surface area (TPSA) is 32.3 Å². The Morgan fingerprint density at radius 1 is 1.27 bits per heavy atom. The van der Waals surface area contributed by atoms with Crippen LogP contribution in [0.3, 0.4) is 0 Å². The lowest BCUT2D eigenvalue weighted by molar-refractivity contribution is 0.261. The van der Waals surface area contributed by atoms with Gasteiger partial charge >= 0.3 is 0 Å². The highest BCUT2D eigenvalue weighted by Crippen LogP contribution is 2.20. The minimum atomic E-state index is 0.257. The van der Waals surface area contributed by atoms with Crippen LogP contribution >= 0.6 is 0 Å². The van der Waals surface area contributed by atoms with Gasteiger partial charge in [0.05, 0.1) is 0 Å². The van der Waals surface area contributed by atoms with E-state index in [9.17, 15) is 0 Å². The van der Waals surface area contributed by atoms with E-state index in [1.165, 1.54) is 5.56 Å². The number of nitrogens with one attached hydrogen (secondary N) is 1. The predicted octanol–water partition coefficient (Wildman–Crippen LogP) is 2.15. The predicted molar refractivity (Wildman–Crippen MR) is 64.0 cm³/mol. The first kappa shape index (κ1) is 12.2. The van der Waals surface area contributed by atoms with Gasteiger partial charge in [-0.25, -0.2) is 0 Å². The molecule has 2 unspecified atom stereocenters. The molecule has 0 heterocycles. The fourth-order valence-corrected chi connectivity index (χ4v) is 1.88. The normalized spacial score (nSPS) is 14.9. The maximum Gasteiger partial charge on any atom is 0.0445 e. The Labute approximate surface area is 92.3 Å². The second kappa shape index (κ2) is 6.59. The van der Waals surface area contributed by atoms with Gasteiger partial charge < -0.3 is 10.4 Å². The molecule has 0 aliphatic rings. The summed E-state index contributed by atoms with van der Waals surface area (Å²) in [6.45, 7) is 2.49. The smallest absolute Gasteiger partial charge is 0.0445 e. The van der Waals surface area contributed by atoms with E-state index in [4.69, 9.17) is 5.11 Å². The van der Waals surface area contributed by atoms with E-state index in [1.807, 2.05) is 13.1 Å². The molecule has 0 aliphatic carbocycles. The Bertz CT molecular complexity index is 260. The second-order valence-corrected chi connectivity index (χ2v) is 4.05. The average molecular weight is 207 g/mol. The monoisotopic (exact) mass is 207 g/mol. The molecule has 15 heavy (non-hydrogen) atoms. The number of hydrogen-bond donors (Lipinski definition) is 2.